The highest BCUT2D eigenvalue weighted by atomic mass is 16.1. The second kappa shape index (κ2) is 7.39. The zero-order chi connectivity index (χ0) is 16.1. The molecule has 3 heterocycles. The minimum atomic E-state index is -0.140. The van der Waals surface area contributed by atoms with E-state index in [0.29, 0.717) is 18.7 Å². The van der Waals surface area contributed by atoms with Crippen molar-refractivity contribution in [2.45, 2.75) is 58.4 Å². The molecule has 1 amide bonds. The van der Waals surface area contributed by atoms with E-state index >= 15 is 0 Å². The average Bonchev–Trinajstić information content (AvgIpc) is 3.09. The predicted octanol–water partition coefficient (Wildman–Crippen LogP) is 1.65. The van der Waals surface area contributed by atoms with Crippen molar-refractivity contribution in [1.29, 1.82) is 0 Å². The molecule has 2 aromatic heterocycles. The number of carbonyl (C=O) groups is 1. The maximum Gasteiger partial charge on any atom is 0.271 e. The van der Waals surface area contributed by atoms with Crippen LogP contribution in [0, 0.1) is 0 Å². The number of aromatic amines is 1. The molecule has 0 bridgehead atoms. The van der Waals surface area contributed by atoms with E-state index < -0.39 is 0 Å². The molecule has 0 unspecified atom stereocenters. The highest BCUT2D eigenvalue weighted by molar-refractivity contribution is 5.92. The minimum absolute atomic E-state index is 0.140. The summed E-state index contributed by atoms with van der Waals surface area (Å²) in [7, 11) is 0. The van der Waals surface area contributed by atoms with Gasteiger partial charge in [-0.05, 0) is 25.3 Å². The van der Waals surface area contributed by atoms with Gasteiger partial charge in [-0.3, -0.25) is 9.89 Å². The van der Waals surface area contributed by atoms with Crippen molar-refractivity contribution in [2.24, 2.45) is 0 Å². The number of nitrogens with zero attached hydrogens (tertiary/aromatic N) is 4. The van der Waals surface area contributed by atoms with Gasteiger partial charge in [0.05, 0.1) is 0 Å². The molecule has 2 aromatic rings. The molecule has 1 aliphatic heterocycles. The standard InChI is InChI=1S/C16H24N6O/c1-2-6-12-11-13(19-18-12)16(23)17-9-8-15-21-20-14-7-4-3-5-10-22(14)15/h11H,2-10H2,1H3,(H,17,23)(H,18,19). The summed E-state index contributed by atoms with van der Waals surface area (Å²) in [5, 5.41) is 18.4. The van der Waals surface area contributed by atoms with Gasteiger partial charge in [0.1, 0.15) is 17.3 Å². The predicted molar refractivity (Wildman–Crippen MR) is 86.2 cm³/mol. The van der Waals surface area contributed by atoms with Crippen molar-refractivity contribution >= 4 is 5.91 Å². The lowest BCUT2D eigenvalue weighted by molar-refractivity contribution is 0.0949. The Kier molecular flexibility index (Phi) is 5.05. The van der Waals surface area contributed by atoms with Gasteiger partial charge in [-0.1, -0.05) is 19.8 Å². The lowest BCUT2D eigenvalue weighted by Gasteiger charge is -2.07. The quantitative estimate of drug-likeness (QED) is 0.848. The van der Waals surface area contributed by atoms with Crippen molar-refractivity contribution in [1.82, 2.24) is 30.3 Å². The van der Waals surface area contributed by atoms with Crippen LogP contribution in [0.1, 0.15) is 60.4 Å². The molecule has 3 rings (SSSR count). The summed E-state index contributed by atoms with van der Waals surface area (Å²) in [6, 6.07) is 1.82. The Morgan fingerprint density at radius 1 is 1.30 bits per heavy atom. The van der Waals surface area contributed by atoms with Gasteiger partial charge in [-0.25, -0.2) is 0 Å². The fourth-order valence-electron chi connectivity index (χ4n) is 2.98. The van der Waals surface area contributed by atoms with E-state index in [1.807, 2.05) is 6.07 Å². The van der Waals surface area contributed by atoms with E-state index in [1.54, 1.807) is 0 Å². The SMILES string of the molecule is CCCc1cc(C(=O)NCCc2nnc3n2CCCCC3)n[nH]1. The topological polar surface area (TPSA) is 88.5 Å². The number of hydrogen-bond acceptors (Lipinski definition) is 4. The Bertz CT molecular complexity index is 659. The zero-order valence-electron chi connectivity index (χ0n) is 13.6. The number of amides is 1. The number of hydrogen-bond donors (Lipinski definition) is 2. The monoisotopic (exact) mass is 316 g/mol. The molecule has 23 heavy (non-hydrogen) atoms. The number of H-pyrrole nitrogens is 1. The number of rotatable bonds is 6. The van der Waals surface area contributed by atoms with Gasteiger partial charge >= 0.3 is 0 Å². The largest absolute Gasteiger partial charge is 0.350 e. The Hall–Kier alpha value is -2.18. The minimum Gasteiger partial charge on any atom is -0.350 e. The third kappa shape index (κ3) is 3.78. The molecule has 7 heteroatoms. The summed E-state index contributed by atoms with van der Waals surface area (Å²) in [6.07, 6.45) is 7.26. The molecule has 1 aliphatic rings. The van der Waals surface area contributed by atoms with E-state index in [-0.39, 0.29) is 5.91 Å². The van der Waals surface area contributed by atoms with Gasteiger partial charge in [-0.2, -0.15) is 5.10 Å². The normalized spacial score (nSPS) is 14.3. The van der Waals surface area contributed by atoms with Crippen molar-refractivity contribution in [3.8, 4) is 0 Å². The molecule has 0 saturated heterocycles. The first kappa shape index (κ1) is 15.7. The van der Waals surface area contributed by atoms with E-state index in [9.17, 15) is 4.79 Å². The van der Waals surface area contributed by atoms with Crippen LogP contribution in [0.2, 0.25) is 0 Å². The van der Waals surface area contributed by atoms with Crippen LogP contribution in [0.25, 0.3) is 0 Å². The van der Waals surface area contributed by atoms with E-state index in [0.717, 1.165) is 43.1 Å². The molecule has 0 spiro atoms. The maximum absolute atomic E-state index is 12.1. The average molecular weight is 316 g/mol. The van der Waals surface area contributed by atoms with Gasteiger partial charge in [0.15, 0.2) is 0 Å². The third-order valence-corrected chi connectivity index (χ3v) is 4.20. The van der Waals surface area contributed by atoms with Crippen molar-refractivity contribution < 1.29 is 4.79 Å². The third-order valence-electron chi connectivity index (χ3n) is 4.20. The molecule has 0 aromatic carbocycles. The summed E-state index contributed by atoms with van der Waals surface area (Å²) < 4.78 is 2.22. The van der Waals surface area contributed by atoms with Crippen LogP contribution in [0.3, 0.4) is 0 Å². The zero-order valence-corrected chi connectivity index (χ0v) is 13.6. The number of nitrogens with one attached hydrogen (secondary N) is 2. The number of aryl methyl sites for hydroxylation is 2. The van der Waals surface area contributed by atoms with Crippen LogP contribution in [0.4, 0.5) is 0 Å². The summed E-state index contributed by atoms with van der Waals surface area (Å²) >= 11 is 0. The second-order valence-corrected chi connectivity index (χ2v) is 6.03. The number of fused-ring (bicyclic) bond motifs is 1. The Balaban J connectivity index is 1.53. The fourth-order valence-corrected chi connectivity index (χ4v) is 2.98. The fraction of sp³-hybridized carbons (Fsp3) is 0.625. The molecule has 124 valence electrons. The Morgan fingerprint density at radius 2 is 2.22 bits per heavy atom. The second-order valence-electron chi connectivity index (χ2n) is 6.03. The van der Waals surface area contributed by atoms with E-state index in [2.05, 4.69) is 37.2 Å². The Morgan fingerprint density at radius 3 is 3.09 bits per heavy atom. The van der Waals surface area contributed by atoms with Gasteiger partial charge in [-0.15, -0.1) is 10.2 Å². The lowest BCUT2D eigenvalue weighted by Crippen LogP contribution is -2.27. The van der Waals surface area contributed by atoms with E-state index in [1.165, 1.54) is 19.3 Å². The van der Waals surface area contributed by atoms with Crippen LogP contribution in [0.15, 0.2) is 6.07 Å². The van der Waals surface area contributed by atoms with Crippen LogP contribution in [-0.4, -0.2) is 37.4 Å². The van der Waals surface area contributed by atoms with Crippen LogP contribution < -0.4 is 5.32 Å². The van der Waals surface area contributed by atoms with Crippen molar-refractivity contribution in [2.75, 3.05) is 6.54 Å². The molecule has 0 saturated carbocycles. The van der Waals surface area contributed by atoms with E-state index in [4.69, 9.17) is 0 Å². The highest BCUT2D eigenvalue weighted by Crippen LogP contribution is 2.14. The smallest absolute Gasteiger partial charge is 0.271 e. The van der Waals surface area contributed by atoms with Gasteiger partial charge in [0.2, 0.25) is 0 Å². The molecule has 0 aliphatic carbocycles. The molecular weight excluding hydrogens is 292 g/mol. The van der Waals surface area contributed by atoms with Gasteiger partial charge in [0.25, 0.3) is 5.91 Å². The molecule has 0 fully saturated rings. The van der Waals surface area contributed by atoms with Crippen LogP contribution in [0.5, 0.6) is 0 Å². The number of carbonyl (C=O) groups excluding carboxylic acids is 1. The molecule has 2 N–H and O–H groups in total. The van der Waals surface area contributed by atoms with Crippen molar-refractivity contribution in [3.63, 3.8) is 0 Å². The molecule has 0 atom stereocenters. The summed E-state index contributed by atoms with van der Waals surface area (Å²) in [5.41, 5.74) is 1.45. The Labute approximate surface area is 135 Å². The summed E-state index contributed by atoms with van der Waals surface area (Å²) in [6.45, 7) is 3.64. The van der Waals surface area contributed by atoms with Crippen molar-refractivity contribution in [3.05, 3.63) is 29.1 Å². The first-order valence-electron chi connectivity index (χ1n) is 8.51. The van der Waals surface area contributed by atoms with Gasteiger partial charge in [0, 0.05) is 31.6 Å². The first-order valence-corrected chi connectivity index (χ1v) is 8.51. The summed E-state index contributed by atoms with van der Waals surface area (Å²) in [4.78, 5) is 12.1. The van der Waals surface area contributed by atoms with Crippen LogP contribution >= 0.6 is 0 Å². The maximum atomic E-state index is 12.1. The lowest BCUT2D eigenvalue weighted by atomic mass is 10.2. The highest BCUT2D eigenvalue weighted by Gasteiger charge is 2.15. The van der Waals surface area contributed by atoms with Crippen LogP contribution in [-0.2, 0) is 25.8 Å². The summed E-state index contributed by atoms with van der Waals surface area (Å²) in [5.74, 6) is 1.91. The number of aromatic nitrogens is 5. The molecule has 7 nitrogen and oxygen atoms in total. The molecular formula is C16H24N6O. The molecule has 0 radical (unpaired) electrons. The first-order chi connectivity index (χ1) is 11.3. The van der Waals surface area contributed by atoms with Gasteiger partial charge < -0.3 is 9.88 Å².